The lowest BCUT2D eigenvalue weighted by atomic mass is 10.2. The van der Waals surface area contributed by atoms with E-state index in [2.05, 4.69) is 5.10 Å². The number of hydrogen-bond donors (Lipinski definition) is 1. The molecule has 1 aromatic carbocycles. The smallest absolute Gasteiger partial charge is 0.124 e. The Morgan fingerprint density at radius 1 is 1.44 bits per heavy atom. The lowest BCUT2D eigenvalue weighted by Gasteiger charge is -2.11. The van der Waals surface area contributed by atoms with E-state index in [0.29, 0.717) is 13.2 Å². The van der Waals surface area contributed by atoms with Gasteiger partial charge in [-0.05, 0) is 31.2 Å². The summed E-state index contributed by atoms with van der Waals surface area (Å²) in [6.07, 6.45) is 3.67. The Labute approximate surface area is 94.6 Å². The highest BCUT2D eigenvalue weighted by Gasteiger charge is 2.04. The summed E-state index contributed by atoms with van der Waals surface area (Å²) < 4.78 is 7.39. The summed E-state index contributed by atoms with van der Waals surface area (Å²) in [6.45, 7) is 3.29. The summed E-state index contributed by atoms with van der Waals surface area (Å²) in [5.74, 6) is 0.868. The fourth-order valence-electron chi connectivity index (χ4n) is 1.59. The Balaban J connectivity index is 2.26. The van der Waals surface area contributed by atoms with Crippen LogP contribution >= 0.6 is 0 Å². The van der Waals surface area contributed by atoms with E-state index in [0.717, 1.165) is 17.0 Å². The summed E-state index contributed by atoms with van der Waals surface area (Å²) in [5.41, 5.74) is 7.56. The standard InChI is InChI=1S/C12H15N3O/c1-2-16-12-5-4-11(13)8-10(12)9-15-7-3-6-14-15/h3-8H,2,9,13H2,1H3. The van der Waals surface area contributed by atoms with Crippen LogP contribution in [0.5, 0.6) is 5.75 Å². The fourth-order valence-corrected chi connectivity index (χ4v) is 1.59. The molecule has 16 heavy (non-hydrogen) atoms. The first kappa shape index (κ1) is 10.5. The predicted molar refractivity (Wildman–Crippen MR) is 63.4 cm³/mol. The second kappa shape index (κ2) is 4.70. The molecule has 0 spiro atoms. The van der Waals surface area contributed by atoms with E-state index < -0.39 is 0 Å². The number of ether oxygens (including phenoxy) is 1. The van der Waals surface area contributed by atoms with Crippen LogP contribution in [-0.4, -0.2) is 16.4 Å². The van der Waals surface area contributed by atoms with E-state index in [1.165, 1.54) is 0 Å². The molecule has 0 aliphatic carbocycles. The summed E-state index contributed by atoms with van der Waals surface area (Å²) >= 11 is 0. The Morgan fingerprint density at radius 3 is 3.00 bits per heavy atom. The number of hydrogen-bond acceptors (Lipinski definition) is 3. The minimum atomic E-state index is 0.649. The van der Waals surface area contributed by atoms with E-state index >= 15 is 0 Å². The summed E-state index contributed by atoms with van der Waals surface area (Å²) in [5, 5.41) is 4.16. The molecule has 0 bridgehead atoms. The number of nitrogens with zero attached hydrogens (tertiary/aromatic N) is 2. The van der Waals surface area contributed by atoms with Gasteiger partial charge in [-0.1, -0.05) is 0 Å². The van der Waals surface area contributed by atoms with Crippen LogP contribution in [0.2, 0.25) is 0 Å². The van der Waals surface area contributed by atoms with Gasteiger partial charge in [0.2, 0.25) is 0 Å². The number of nitrogens with two attached hydrogens (primary N) is 1. The van der Waals surface area contributed by atoms with Crippen LogP contribution in [0.4, 0.5) is 5.69 Å². The van der Waals surface area contributed by atoms with Crippen molar-refractivity contribution in [3.8, 4) is 5.75 Å². The summed E-state index contributed by atoms with van der Waals surface area (Å²) in [4.78, 5) is 0. The van der Waals surface area contributed by atoms with E-state index in [1.807, 2.05) is 42.1 Å². The second-order valence-corrected chi connectivity index (χ2v) is 3.50. The highest BCUT2D eigenvalue weighted by molar-refractivity contribution is 5.47. The molecule has 4 heteroatoms. The van der Waals surface area contributed by atoms with Crippen molar-refractivity contribution in [3.63, 3.8) is 0 Å². The monoisotopic (exact) mass is 217 g/mol. The number of rotatable bonds is 4. The zero-order valence-corrected chi connectivity index (χ0v) is 9.26. The van der Waals surface area contributed by atoms with E-state index in [4.69, 9.17) is 10.5 Å². The van der Waals surface area contributed by atoms with Crippen molar-refractivity contribution in [2.24, 2.45) is 0 Å². The van der Waals surface area contributed by atoms with Gasteiger partial charge in [-0.15, -0.1) is 0 Å². The molecule has 84 valence electrons. The minimum Gasteiger partial charge on any atom is -0.494 e. The van der Waals surface area contributed by atoms with Crippen molar-refractivity contribution in [2.45, 2.75) is 13.5 Å². The third-order valence-corrected chi connectivity index (χ3v) is 2.28. The maximum Gasteiger partial charge on any atom is 0.124 e. The minimum absolute atomic E-state index is 0.649. The van der Waals surface area contributed by atoms with Gasteiger partial charge >= 0.3 is 0 Å². The van der Waals surface area contributed by atoms with Gasteiger partial charge in [0, 0.05) is 23.6 Å². The number of aromatic nitrogens is 2. The average molecular weight is 217 g/mol. The van der Waals surface area contributed by atoms with Gasteiger partial charge in [0.1, 0.15) is 5.75 Å². The maximum absolute atomic E-state index is 5.77. The highest BCUT2D eigenvalue weighted by Crippen LogP contribution is 2.22. The maximum atomic E-state index is 5.77. The highest BCUT2D eigenvalue weighted by atomic mass is 16.5. The summed E-state index contributed by atoms with van der Waals surface area (Å²) in [7, 11) is 0. The Kier molecular flexibility index (Phi) is 3.10. The molecule has 0 aliphatic heterocycles. The normalized spacial score (nSPS) is 10.3. The molecule has 2 N–H and O–H groups in total. The quantitative estimate of drug-likeness (QED) is 0.796. The number of nitrogen functional groups attached to an aromatic ring is 1. The Bertz CT molecular complexity index is 451. The van der Waals surface area contributed by atoms with Crippen LogP contribution in [0.25, 0.3) is 0 Å². The van der Waals surface area contributed by atoms with Crippen molar-refractivity contribution >= 4 is 5.69 Å². The van der Waals surface area contributed by atoms with Gasteiger partial charge in [0.15, 0.2) is 0 Å². The van der Waals surface area contributed by atoms with Crippen molar-refractivity contribution in [2.75, 3.05) is 12.3 Å². The number of anilines is 1. The van der Waals surface area contributed by atoms with Crippen molar-refractivity contribution in [1.82, 2.24) is 9.78 Å². The van der Waals surface area contributed by atoms with Crippen LogP contribution in [0.3, 0.4) is 0 Å². The zero-order valence-electron chi connectivity index (χ0n) is 9.26. The molecule has 0 amide bonds. The Morgan fingerprint density at radius 2 is 2.31 bits per heavy atom. The molecule has 0 atom stereocenters. The molecule has 0 aliphatic rings. The molecular weight excluding hydrogens is 202 g/mol. The van der Waals surface area contributed by atoms with Gasteiger partial charge in [-0.25, -0.2) is 0 Å². The van der Waals surface area contributed by atoms with Gasteiger partial charge in [0.05, 0.1) is 13.2 Å². The zero-order chi connectivity index (χ0) is 11.4. The lowest BCUT2D eigenvalue weighted by molar-refractivity contribution is 0.335. The van der Waals surface area contributed by atoms with E-state index in [-0.39, 0.29) is 0 Å². The largest absolute Gasteiger partial charge is 0.494 e. The van der Waals surface area contributed by atoms with Gasteiger partial charge in [-0.3, -0.25) is 4.68 Å². The van der Waals surface area contributed by atoms with E-state index in [1.54, 1.807) is 6.20 Å². The molecule has 0 radical (unpaired) electrons. The molecule has 1 heterocycles. The molecule has 2 aromatic rings. The molecule has 0 unspecified atom stereocenters. The molecule has 1 aromatic heterocycles. The number of benzene rings is 1. The Hall–Kier alpha value is -1.97. The van der Waals surface area contributed by atoms with Crippen LogP contribution < -0.4 is 10.5 Å². The van der Waals surface area contributed by atoms with Crippen LogP contribution in [-0.2, 0) is 6.54 Å². The topological polar surface area (TPSA) is 53.1 Å². The molecule has 0 fully saturated rings. The van der Waals surface area contributed by atoms with Gasteiger partial charge in [0.25, 0.3) is 0 Å². The first-order valence-corrected chi connectivity index (χ1v) is 5.28. The first-order valence-electron chi connectivity index (χ1n) is 5.28. The molecule has 0 saturated carbocycles. The molecule has 0 saturated heterocycles. The van der Waals surface area contributed by atoms with Crippen LogP contribution in [0.1, 0.15) is 12.5 Å². The van der Waals surface area contributed by atoms with Gasteiger partial charge < -0.3 is 10.5 Å². The van der Waals surface area contributed by atoms with Crippen LogP contribution in [0.15, 0.2) is 36.7 Å². The molecule has 2 rings (SSSR count). The second-order valence-electron chi connectivity index (χ2n) is 3.50. The lowest BCUT2D eigenvalue weighted by Crippen LogP contribution is -2.04. The SMILES string of the molecule is CCOc1ccc(N)cc1Cn1cccn1. The molecular formula is C12H15N3O. The molecule has 4 nitrogen and oxygen atoms in total. The third-order valence-electron chi connectivity index (χ3n) is 2.28. The van der Waals surface area contributed by atoms with Crippen molar-refractivity contribution < 1.29 is 4.74 Å². The summed E-state index contributed by atoms with van der Waals surface area (Å²) in [6, 6.07) is 7.56. The average Bonchev–Trinajstić information content (AvgIpc) is 2.75. The van der Waals surface area contributed by atoms with Crippen molar-refractivity contribution in [3.05, 3.63) is 42.2 Å². The van der Waals surface area contributed by atoms with Crippen molar-refractivity contribution in [1.29, 1.82) is 0 Å². The van der Waals surface area contributed by atoms with Gasteiger partial charge in [-0.2, -0.15) is 5.10 Å². The predicted octanol–water partition coefficient (Wildman–Crippen LogP) is 1.91. The van der Waals surface area contributed by atoms with Crippen LogP contribution in [0, 0.1) is 0 Å². The fraction of sp³-hybridized carbons (Fsp3) is 0.250. The van der Waals surface area contributed by atoms with E-state index in [9.17, 15) is 0 Å². The first-order chi connectivity index (χ1) is 7.79. The third kappa shape index (κ3) is 2.34.